The van der Waals surface area contributed by atoms with Crippen LogP contribution in [0.2, 0.25) is 5.02 Å². The third kappa shape index (κ3) is 4.44. The first-order chi connectivity index (χ1) is 13.4. The third-order valence-electron chi connectivity index (χ3n) is 5.20. The van der Waals surface area contributed by atoms with Crippen LogP contribution in [0, 0.1) is 19.8 Å². The molecule has 1 fully saturated rings. The third-order valence-corrected chi connectivity index (χ3v) is 5.53. The number of benzene rings is 1. The largest absolute Gasteiger partial charge is 0.352 e. The topological polar surface area (TPSA) is 82.3 Å². The van der Waals surface area contributed by atoms with Gasteiger partial charge in [0, 0.05) is 25.3 Å². The summed E-state index contributed by atoms with van der Waals surface area (Å²) in [5, 5.41) is 3.32. The summed E-state index contributed by atoms with van der Waals surface area (Å²) in [6.07, 6.45) is 1.75. The molecule has 1 atom stereocenters. The number of aromatic nitrogens is 1. The van der Waals surface area contributed by atoms with E-state index in [1.165, 1.54) is 0 Å². The van der Waals surface area contributed by atoms with Gasteiger partial charge in [0.1, 0.15) is 5.56 Å². The summed E-state index contributed by atoms with van der Waals surface area (Å²) in [7, 11) is 0. The van der Waals surface area contributed by atoms with E-state index >= 15 is 0 Å². The van der Waals surface area contributed by atoms with Gasteiger partial charge in [-0.1, -0.05) is 23.7 Å². The molecule has 2 heterocycles. The summed E-state index contributed by atoms with van der Waals surface area (Å²) in [5.41, 5.74) is 1.89. The van der Waals surface area contributed by atoms with Gasteiger partial charge < -0.3 is 15.2 Å². The molecule has 0 saturated carbocycles. The number of nitrogens with one attached hydrogen (secondary N) is 2. The van der Waals surface area contributed by atoms with Crippen molar-refractivity contribution in [1.82, 2.24) is 15.2 Å². The van der Waals surface area contributed by atoms with E-state index in [9.17, 15) is 14.4 Å². The van der Waals surface area contributed by atoms with Crippen molar-refractivity contribution in [2.45, 2.75) is 26.7 Å². The van der Waals surface area contributed by atoms with Crippen LogP contribution in [0.4, 0.5) is 0 Å². The molecule has 2 N–H and O–H groups in total. The van der Waals surface area contributed by atoms with E-state index < -0.39 is 0 Å². The number of aromatic amines is 1. The first-order valence-corrected chi connectivity index (χ1v) is 9.77. The minimum atomic E-state index is -0.359. The van der Waals surface area contributed by atoms with Crippen molar-refractivity contribution >= 4 is 23.4 Å². The van der Waals surface area contributed by atoms with Gasteiger partial charge in [-0.25, -0.2) is 0 Å². The number of likely N-dealkylation sites (tertiary alicyclic amines) is 1. The highest BCUT2D eigenvalue weighted by Gasteiger charge is 2.26. The van der Waals surface area contributed by atoms with Crippen molar-refractivity contribution in [3.63, 3.8) is 0 Å². The Hall–Kier alpha value is -2.60. The Labute approximate surface area is 168 Å². The average Bonchev–Trinajstić information content (AvgIpc) is 2.69. The predicted octanol–water partition coefficient (Wildman–Crippen LogP) is 2.93. The maximum absolute atomic E-state index is 12.8. The minimum absolute atomic E-state index is 0.134. The molecular formula is C21H24ClN3O3. The van der Waals surface area contributed by atoms with Gasteiger partial charge in [0.15, 0.2) is 0 Å². The number of aryl methyl sites for hydroxylation is 2. The van der Waals surface area contributed by atoms with Crippen molar-refractivity contribution in [2.75, 3.05) is 19.6 Å². The molecule has 0 spiro atoms. The zero-order valence-electron chi connectivity index (χ0n) is 16.0. The van der Waals surface area contributed by atoms with Gasteiger partial charge in [0.2, 0.25) is 0 Å². The fourth-order valence-corrected chi connectivity index (χ4v) is 3.67. The summed E-state index contributed by atoms with van der Waals surface area (Å²) < 4.78 is 0. The average molecular weight is 402 g/mol. The molecule has 1 aromatic carbocycles. The zero-order chi connectivity index (χ0) is 20.3. The fourth-order valence-electron chi connectivity index (χ4n) is 3.45. The summed E-state index contributed by atoms with van der Waals surface area (Å²) in [5.74, 6) is -0.346. The van der Waals surface area contributed by atoms with E-state index in [2.05, 4.69) is 10.3 Å². The lowest BCUT2D eigenvalue weighted by molar-refractivity contribution is 0.0669. The summed E-state index contributed by atoms with van der Waals surface area (Å²) in [6, 6.07) is 8.55. The first kappa shape index (κ1) is 20.1. The Bertz CT molecular complexity index is 954. The number of nitrogens with zero attached hydrogens (tertiary/aromatic N) is 1. The lowest BCUT2D eigenvalue weighted by Gasteiger charge is -2.32. The lowest BCUT2D eigenvalue weighted by Crippen LogP contribution is -2.45. The smallest absolute Gasteiger partial charge is 0.261 e. The molecule has 0 bridgehead atoms. The molecule has 1 aliphatic rings. The SMILES string of the molecule is Cc1cc(C(=O)N2CCCC(CNC(=O)c3ccccc3Cl)C2)c(=O)[nH]c1C. The van der Waals surface area contributed by atoms with Crippen LogP contribution in [0.1, 0.15) is 44.8 Å². The van der Waals surface area contributed by atoms with E-state index in [1.54, 1.807) is 35.2 Å². The molecule has 1 aromatic heterocycles. The van der Waals surface area contributed by atoms with Crippen LogP contribution >= 0.6 is 11.6 Å². The van der Waals surface area contributed by atoms with Crippen LogP contribution in [-0.4, -0.2) is 41.3 Å². The number of rotatable bonds is 4. The van der Waals surface area contributed by atoms with Crippen LogP contribution in [0.5, 0.6) is 0 Å². The molecule has 148 valence electrons. The Morgan fingerprint density at radius 1 is 1.25 bits per heavy atom. The van der Waals surface area contributed by atoms with Gasteiger partial charge in [-0.05, 0) is 56.4 Å². The number of carbonyl (C=O) groups excluding carboxylic acids is 2. The minimum Gasteiger partial charge on any atom is -0.352 e. The molecule has 1 saturated heterocycles. The van der Waals surface area contributed by atoms with E-state index in [4.69, 9.17) is 11.6 Å². The molecule has 7 heteroatoms. The van der Waals surface area contributed by atoms with Crippen molar-refractivity contribution in [1.29, 1.82) is 0 Å². The molecular weight excluding hydrogens is 378 g/mol. The summed E-state index contributed by atoms with van der Waals surface area (Å²) in [6.45, 7) is 5.25. The quantitative estimate of drug-likeness (QED) is 0.826. The molecule has 1 aliphatic heterocycles. The molecule has 1 unspecified atom stereocenters. The molecule has 0 radical (unpaired) electrons. The van der Waals surface area contributed by atoms with E-state index in [-0.39, 0.29) is 28.9 Å². The summed E-state index contributed by atoms with van der Waals surface area (Å²) >= 11 is 6.07. The van der Waals surface area contributed by atoms with Crippen molar-refractivity contribution < 1.29 is 9.59 Å². The Morgan fingerprint density at radius 2 is 2.00 bits per heavy atom. The maximum atomic E-state index is 12.8. The second kappa shape index (κ2) is 8.61. The highest BCUT2D eigenvalue weighted by Crippen LogP contribution is 2.19. The number of hydrogen-bond acceptors (Lipinski definition) is 3. The zero-order valence-corrected chi connectivity index (χ0v) is 16.8. The standard InChI is InChI=1S/C21H24ClN3O3/c1-13-10-17(20(27)24-14(13)2)21(28)25-9-5-6-15(12-25)11-23-19(26)16-7-3-4-8-18(16)22/h3-4,7-8,10,15H,5-6,9,11-12H2,1-2H3,(H,23,26)(H,24,27). The molecule has 3 rings (SSSR count). The van der Waals surface area contributed by atoms with Crippen LogP contribution in [0.25, 0.3) is 0 Å². The van der Waals surface area contributed by atoms with Crippen LogP contribution in [0.3, 0.4) is 0 Å². The fraction of sp³-hybridized carbons (Fsp3) is 0.381. The first-order valence-electron chi connectivity index (χ1n) is 9.39. The second-order valence-corrected chi connectivity index (χ2v) is 7.68. The normalized spacial score (nSPS) is 16.7. The molecule has 2 amide bonds. The Morgan fingerprint density at radius 3 is 2.75 bits per heavy atom. The monoisotopic (exact) mass is 401 g/mol. The van der Waals surface area contributed by atoms with E-state index in [0.29, 0.717) is 30.2 Å². The van der Waals surface area contributed by atoms with Crippen molar-refractivity contribution in [3.05, 3.63) is 68.1 Å². The second-order valence-electron chi connectivity index (χ2n) is 7.27. The Kier molecular flexibility index (Phi) is 6.19. The highest BCUT2D eigenvalue weighted by molar-refractivity contribution is 6.33. The molecule has 6 nitrogen and oxygen atoms in total. The molecule has 2 aromatic rings. The highest BCUT2D eigenvalue weighted by atomic mass is 35.5. The van der Waals surface area contributed by atoms with Crippen molar-refractivity contribution in [3.8, 4) is 0 Å². The van der Waals surface area contributed by atoms with Gasteiger partial charge in [-0.2, -0.15) is 0 Å². The van der Waals surface area contributed by atoms with Gasteiger partial charge in [0.25, 0.3) is 17.4 Å². The Balaban J connectivity index is 1.63. The van der Waals surface area contributed by atoms with Crippen molar-refractivity contribution in [2.24, 2.45) is 5.92 Å². The number of H-pyrrole nitrogens is 1. The number of pyridine rings is 1. The summed E-state index contributed by atoms with van der Waals surface area (Å²) in [4.78, 5) is 41.8. The number of hydrogen-bond donors (Lipinski definition) is 2. The van der Waals surface area contributed by atoms with Gasteiger partial charge in [0.05, 0.1) is 10.6 Å². The van der Waals surface area contributed by atoms with Crippen LogP contribution in [-0.2, 0) is 0 Å². The lowest BCUT2D eigenvalue weighted by atomic mass is 9.97. The number of amides is 2. The van der Waals surface area contributed by atoms with Crippen LogP contribution < -0.4 is 10.9 Å². The van der Waals surface area contributed by atoms with E-state index in [0.717, 1.165) is 24.1 Å². The predicted molar refractivity (Wildman–Crippen MR) is 109 cm³/mol. The number of carbonyl (C=O) groups is 2. The molecule has 0 aliphatic carbocycles. The van der Waals surface area contributed by atoms with Gasteiger partial charge in [-0.15, -0.1) is 0 Å². The molecule has 28 heavy (non-hydrogen) atoms. The number of piperidine rings is 1. The number of halogens is 1. The van der Waals surface area contributed by atoms with E-state index in [1.807, 2.05) is 13.8 Å². The van der Waals surface area contributed by atoms with Gasteiger partial charge >= 0.3 is 0 Å². The van der Waals surface area contributed by atoms with Crippen LogP contribution in [0.15, 0.2) is 35.1 Å². The van der Waals surface area contributed by atoms with Gasteiger partial charge in [-0.3, -0.25) is 14.4 Å². The maximum Gasteiger partial charge on any atom is 0.261 e.